The SMILES string of the molecule is ClC(Cl)C[SiH2]C[Si](Cl)(Cl)Cl. The third-order valence-electron chi connectivity index (χ3n) is 0.883. The molecule has 0 aromatic heterocycles. The maximum atomic E-state index is 5.63. The van der Waals surface area contributed by atoms with Gasteiger partial charge in [0, 0.05) is 9.52 Å². The van der Waals surface area contributed by atoms with E-state index in [9.17, 15) is 0 Å². The maximum absolute atomic E-state index is 5.63. The fourth-order valence-corrected chi connectivity index (χ4v) is 7.72. The van der Waals surface area contributed by atoms with E-state index in [1.54, 1.807) is 0 Å². The molecule has 0 unspecified atom stereocenters. The maximum Gasteiger partial charge on any atom is 0.338 e. The van der Waals surface area contributed by atoms with E-state index in [1.807, 2.05) is 0 Å². The topological polar surface area (TPSA) is 0 Å². The molecule has 10 heavy (non-hydrogen) atoms. The van der Waals surface area contributed by atoms with Crippen LogP contribution in [0, 0.1) is 0 Å². The molecular weight excluding hydrogens is 269 g/mol. The lowest BCUT2D eigenvalue weighted by Gasteiger charge is -2.05. The van der Waals surface area contributed by atoms with Crippen molar-refractivity contribution in [3.05, 3.63) is 0 Å². The summed E-state index contributed by atoms with van der Waals surface area (Å²) in [6, 6.07) is -1.53. The molecule has 0 aromatic carbocycles. The molecule has 7 heteroatoms. The summed E-state index contributed by atoms with van der Waals surface area (Å²) in [5.74, 6) is 0. The first-order valence-electron chi connectivity index (χ1n) is 2.77. The molecule has 0 aliphatic carbocycles. The molecule has 0 nitrogen and oxygen atoms in total. The van der Waals surface area contributed by atoms with Gasteiger partial charge in [0.15, 0.2) is 0 Å². The Balaban J connectivity index is 3.21. The first kappa shape index (κ1) is 11.9. The molecule has 0 amide bonds. The molecule has 0 bridgehead atoms. The van der Waals surface area contributed by atoms with E-state index in [2.05, 4.69) is 0 Å². The fraction of sp³-hybridized carbons (Fsp3) is 1.00. The van der Waals surface area contributed by atoms with Crippen LogP contribution >= 0.6 is 56.4 Å². The van der Waals surface area contributed by atoms with Crippen LogP contribution in [0.5, 0.6) is 0 Å². The molecule has 0 fully saturated rings. The van der Waals surface area contributed by atoms with Crippen molar-refractivity contribution in [2.24, 2.45) is 0 Å². The summed E-state index contributed by atoms with van der Waals surface area (Å²) in [5.41, 5.74) is 0.771. The Bertz CT molecular complexity index is 89.4. The van der Waals surface area contributed by atoms with E-state index in [0.717, 1.165) is 11.7 Å². The quantitative estimate of drug-likeness (QED) is 0.421. The minimum absolute atomic E-state index is 0.270. The fourth-order valence-electron chi connectivity index (χ4n) is 0.457. The largest absolute Gasteiger partial charge is 0.338 e. The molecule has 0 rings (SSSR count). The van der Waals surface area contributed by atoms with E-state index < -0.39 is 6.00 Å². The van der Waals surface area contributed by atoms with Crippen LogP contribution in [0.3, 0.4) is 0 Å². The van der Waals surface area contributed by atoms with Gasteiger partial charge in [-0.05, 0) is 11.7 Å². The van der Waals surface area contributed by atoms with Gasteiger partial charge in [0.05, 0.1) is 0 Å². The Labute approximate surface area is 88.1 Å². The summed E-state index contributed by atoms with van der Waals surface area (Å²) < 4.78 is 0. The van der Waals surface area contributed by atoms with E-state index in [0.29, 0.717) is 0 Å². The van der Waals surface area contributed by atoms with Crippen LogP contribution in [-0.2, 0) is 0 Å². The van der Waals surface area contributed by atoms with Gasteiger partial charge in [0.1, 0.15) is 4.84 Å². The van der Waals surface area contributed by atoms with Crippen LogP contribution in [0.2, 0.25) is 11.7 Å². The summed E-state index contributed by atoms with van der Waals surface area (Å²) in [5, 5.41) is 0. The summed E-state index contributed by atoms with van der Waals surface area (Å²) >= 11 is 27.9. The third kappa shape index (κ3) is 9.88. The van der Waals surface area contributed by atoms with Crippen molar-refractivity contribution in [1.82, 2.24) is 0 Å². The van der Waals surface area contributed by atoms with Gasteiger partial charge in [-0.25, -0.2) is 0 Å². The van der Waals surface area contributed by atoms with Crippen LogP contribution in [0.25, 0.3) is 0 Å². The number of halogens is 5. The molecule has 0 atom stereocenters. The highest BCUT2D eigenvalue weighted by atomic mass is 35.8. The number of hydrogen-bond donors (Lipinski definition) is 0. The molecule has 0 aliphatic rings. The summed E-state index contributed by atoms with van der Waals surface area (Å²) in [4.78, 5) is -0.270. The molecule has 62 valence electrons. The van der Waals surface area contributed by atoms with Gasteiger partial charge >= 0.3 is 6.00 Å². The Hall–Kier alpha value is 1.88. The normalized spacial score (nSPS) is 13.8. The molecule has 0 saturated heterocycles. The first-order valence-corrected chi connectivity index (χ1v) is 10.9. The van der Waals surface area contributed by atoms with Gasteiger partial charge < -0.3 is 0 Å². The van der Waals surface area contributed by atoms with Crippen molar-refractivity contribution < 1.29 is 0 Å². The zero-order valence-electron chi connectivity index (χ0n) is 5.09. The molecule has 0 saturated carbocycles. The molecule has 0 N–H and O–H groups in total. The first-order chi connectivity index (χ1) is 4.42. The molecule has 0 aliphatic heterocycles. The monoisotopic (exact) mass is 274 g/mol. The Morgan fingerprint density at radius 1 is 1.20 bits per heavy atom. The lowest BCUT2D eigenvalue weighted by atomic mass is 10.9. The predicted molar refractivity (Wildman–Crippen MR) is 57.0 cm³/mol. The average Bonchev–Trinajstić information content (AvgIpc) is 1.59. The second kappa shape index (κ2) is 5.52. The van der Waals surface area contributed by atoms with E-state index in [1.165, 1.54) is 0 Å². The minimum Gasteiger partial charge on any atom is -0.126 e. The molecule has 0 radical (unpaired) electrons. The molecular formula is C3H7Cl5Si2. The number of rotatable bonds is 4. The molecule has 0 spiro atoms. The predicted octanol–water partition coefficient (Wildman–Crippen LogP) is 2.99. The number of hydrogen-bond acceptors (Lipinski definition) is 0. The van der Waals surface area contributed by atoms with Crippen LogP contribution in [0.15, 0.2) is 0 Å². The average molecular weight is 277 g/mol. The van der Waals surface area contributed by atoms with Crippen molar-refractivity contribution in [3.8, 4) is 0 Å². The van der Waals surface area contributed by atoms with Crippen molar-refractivity contribution in [2.75, 3.05) is 0 Å². The van der Waals surface area contributed by atoms with Crippen LogP contribution in [-0.4, -0.2) is 20.4 Å². The van der Waals surface area contributed by atoms with Gasteiger partial charge in [0.2, 0.25) is 0 Å². The summed E-state index contributed by atoms with van der Waals surface area (Å²) in [6.45, 7) is 0. The standard InChI is InChI=1S/C3H7Cl5Si2/c4-3(5)1-9-2-10(6,7)8/h3H,1-2,9H2. The number of alkyl halides is 2. The zero-order chi connectivity index (χ0) is 8.20. The van der Waals surface area contributed by atoms with Crippen LogP contribution < -0.4 is 0 Å². The highest BCUT2D eigenvalue weighted by Gasteiger charge is 2.24. The lowest BCUT2D eigenvalue weighted by molar-refractivity contribution is 1.35. The highest BCUT2D eigenvalue weighted by Crippen LogP contribution is 2.25. The highest BCUT2D eigenvalue weighted by molar-refractivity contribution is 7.65. The Morgan fingerprint density at radius 3 is 2.00 bits per heavy atom. The Kier molecular flexibility index (Phi) is 6.55. The molecule has 0 heterocycles. The van der Waals surface area contributed by atoms with E-state index >= 15 is 0 Å². The van der Waals surface area contributed by atoms with Crippen LogP contribution in [0.4, 0.5) is 0 Å². The van der Waals surface area contributed by atoms with E-state index in [-0.39, 0.29) is 14.4 Å². The summed E-state index contributed by atoms with van der Waals surface area (Å²) in [7, 11) is -0.338. The van der Waals surface area contributed by atoms with Crippen molar-refractivity contribution in [2.45, 2.75) is 16.5 Å². The van der Waals surface area contributed by atoms with Gasteiger partial charge in [-0.15, -0.1) is 56.4 Å². The van der Waals surface area contributed by atoms with Gasteiger partial charge in [-0.3, -0.25) is 0 Å². The van der Waals surface area contributed by atoms with Gasteiger partial charge in [0.25, 0.3) is 0 Å². The third-order valence-corrected chi connectivity index (χ3v) is 11.8. The Morgan fingerprint density at radius 2 is 1.70 bits per heavy atom. The smallest absolute Gasteiger partial charge is 0.126 e. The summed E-state index contributed by atoms with van der Waals surface area (Å²) in [6.07, 6.45) is 0. The van der Waals surface area contributed by atoms with Crippen molar-refractivity contribution in [3.63, 3.8) is 0 Å². The lowest BCUT2D eigenvalue weighted by Crippen LogP contribution is -2.13. The van der Waals surface area contributed by atoms with Crippen molar-refractivity contribution in [1.29, 1.82) is 0 Å². The van der Waals surface area contributed by atoms with Gasteiger partial charge in [-0.2, -0.15) is 0 Å². The second-order valence-electron chi connectivity index (χ2n) is 1.90. The molecule has 0 aromatic rings. The second-order valence-corrected chi connectivity index (χ2v) is 15.2. The van der Waals surface area contributed by atoms with Crippen molar-refractivity contribution >= 4 is 72.0 Å². The van der Waals surface area contributed by atoms with Gasteiger partial charge in [-0.1, -0.05) is 0 Å². The minimum atomic E-state index is -2.36. The van der Waals surface area contributed by atoms with Crippen LogP contribution in [0.1, 0.15) is 0 Å². The van der Waals surface area contributed by atoms with E-state index in [4.69, 9.17) is 56.4 Å². The zero-order valence-corrected chi connectivity index (χ0v) is 11.3.